The maximum absolute atomic E-state index is 13.5. The van der Waals surface area contributed by atoms with Crippen LogP contribution in [-0.4, -0.2) is 40.1 Å². The number of alkyl halides is 3. The Kier molecular flexibility index (Phi) is 8.06. The van der Waals surface area contributed by atoms with E-state index in [0.29, 0.717) is 23.5 Å². The Morgan fingerprint density at radius 1 is 1.21 bits per heavy atom. The number of fused-ring (bicyclic) bond motifs is 1. The lowest BCUT2D eigenvalue weighted by Crippen LogP contribution is -2.46. The number of carbonyl (C=O) groups excluding carboxylic acids is 1. The van der Waals surface area contributed by atoms with E-state index in [-0.39, 0.29) is 30.2 Å². The van der Waals surface area contributed by atoms with Crippen LogP contribution >= 0.6 is 0 Å². The Bertz CT molecular complexity index is 1010. The molecule has 0 radical (unpaired) electrons. The van der Waals surface area contributed by atoms with Crippen LogP contribution in [0.3, 0.4) is 0 Å². The molecule has 34 heavy (non-hydrogen) atoms. The van der Waals surface area contributed by atoms with Crippen molar-refractivity contribution in [1.29, 1.82) is 0 Å². The van der Waals surface area contributed by atoms with E-state index in [4.69, 9.17) is 9.47 Å². The second-order valence-corrected chi connectivity index (χ2v) is 7.90. The number of nitroso groups, excluding NO2 is 1. The number of halogens is 3. The normalized spacial score (nSPS) is 17.8. The third-order valence-electron chi connectivity index (χ3n) is 5.63. The fourth-order valence-corrected chi connectivity index (χ4v) is 3.89. The van der Waals surface area contributed by atoms with Crippen molar-refractivity contribution in [3.05, 3.63) is 46.6 Å². The molecule has 1 amide bonds. The number of nitrogens with zero attached hydrogens (tertiary/aromatic N) is 4. The van der Waals surface area contributed by atoms with Gasteiger partial charge in [-0.15, -0.1) is 0 Å². The predicted octanol–water partition coefficient (Wildman–Crippen LogP) is 5.97. The molecule has 0 N–H and O–H groups in total. The molecule has 0 fully saturated rings. The van der Waals surface area contributed by atoms with Gasteiger partial charge in [0.05, 0.1) is 24.5 Å². The Morgan fingerprint density at radius 3 is 2.50 bits per heavy atom. The van der Waals surface area contributed by atoms with E-state index in [1.54, 1.807) is 6.92 Å². The summed E-state index contributed by atoms with van der Waals surface area (Å²) in [4.78, 5) is 35.4. The first kappa shape index (κ1) is 25.4. The first-order valence-corrected chi connectivity index (χ1v) is 11.3. The van der Waals surface area contributed by atoms with Gasteiger partial charge in [0, 0.05) is 18.0 Å². The minimum Gasteiger partial charge on any atom is -0.487 e. The minimum atomic E-state index is -4.61. The summed E-state index contributed by atoms with van der Waals surface area (Å²) in [5.74, 6) is 0.199. The van der Waals surface area contributed by atoms with Gasteiger partial charge in [0.15, 0.2) is 24.2 Å². The zero-order valence-electron chi connectivity index (χ0n) is 19.3. The molecule has 11 heteroatoms. The van der Waals surface area contributed by atoms with Crippen LogP contribution in [0.2, 0.25) is 0 Å². The fraction of sp³-hybridized carbons (Fsp3) is 0.522. The molecule has 0 aliphatic carbocycles. The molecule has 1 aliphatic rings. The fourth-order valence-electron chi connectivity index (χ4n) is 3.89. The molecule has 1 unspecified atom stereocenters. The third-order valence-corrected chi connectivity index (χ3v) is 5.63. The minimum absolute atomic E-state index is 0.0643. The molecular weight excluding hydrogens is 453 g/mol. The van der Waals surface area contributed by atoms with Crippen molar-refractivity contribution in [2.24, 2.45) is 0 Å². The van der Waals surface area contributed by atoms with Crippen molar-refractivity contribution in [2.75, 3.05) is 18.1 Å². The Labute approximate surface area is 195 Å². The van der Waals surface area contributed by atoms with Crippen molar-refractivity contribution >= 4 is 17.7 Å². The van der Waals surface area contributed by atoms with E-state index in [1.165, 1.54) is 23.4 Å². The van der Waals surface area contributed by atoms with Crippen LogP contribution < -0.4 is 9.64 Å². The number of aromatic nitrogens is 2. The number of unbranched alkanes of at least 4 members (excludes halogenated alkanes) is 1. The van der Waals surface area contributed by atoms with Crippen LogP contribution in [0.1, 0.15) is 63.6 Å². The molecule has 8 nitrogen and oxygen atoms in total. The Morgan fingerprint density at radius 2 is 1.91 bits per heavy atom. The van der Waals surface area contributed by atoms with Gasteiger partial charge in [-0.2, -0.15) is 13.2 Å². The molecule has 184 valence electrons. The van der Waals surface area contributed by atoms with Crippen molar-refractivity contribution in [3.63, 3.8) is 0 Å². The summed E-state index contributed by atoms with van der Waals surface area (Å²) >= 11 is 0. The maximum Gasteiger partial charge on any atom is 0.469 e. The van der Waals surface area contributed by atoms with Crippen molar-refractivity contribution < 1.29 is 32.2 Å². The lowest BCUT2D eigenvalue weighted by Gasteiger charge is -2.38. The van der Waals surface area contributed by atoms with Crippen LogP contribution in [0, 0.1) is 4.91 Å². The molecule has 3 rings (SSSR count). The number of anilines is 1. The molecule has 1 aromatic carbocycles. The first-order valence-electron chi connectivity index (χ1n) is 11.3. The lowest BCUT2D eigenvalue weighted by molar-refractivity contribution is -0.522. The third kappa shape index (κ3) is 5.45. The number of ether oxygens (including phenoxy) is 2. The van der Waals surface area contributed by atoms with Gasteiger partial charge in [-0.3, -0.25) is 4.90 Å². The SMILES string of the molecule is CCCCOc1cnc([N+](=O)C2C[C@@H](CC)N(C(=O)OCC)c3ccc(C(F)(F)F)cc32)nc1. The first-order chi connectivity index (χ1) is 16.2. The van der Waals surface area contributed by atoms with Gasteiger partial charge in [0.2, 0.25) is 0 Å². The van der Waals surface area contributed by atoms with Crippen LogP contribution in [0.15, 0.2) is 30.6 Å². The summed E-state index contributed by atoms with van der Waals surface area (Å²) in [7, 11) is 0. The molecule has 1 aromatic heterocycles. The van der Waals surface area contributed by atoms with Crippen molar-refractivity contribution in [3.8, 4) is 5.75 Å². The summed E-state index contributed by atoms with van der Waals surface area (Å²) < 4.78 is 51.5. The van der Waals surface area contributed by atoms with E-state index in [0.717, 1.165) is 25.0 Å². The maximum atomic E-state index is 13.5. The van der Waals surface area contributed by atoms with Gasteiger partial charge in [0.25, 0.3) is 0 Å². The molecule has 2 aromatic rings. The van der Waals surface area contributed by atoms with Crippen molar-refractivity contribution in [1.82, 2.24) is 9.97 Å². The van der Waals surface area contributed by atoms with Crippen LogP contribution in [0.25, 0.3) is 0 Å². The summed E-state index contributed by atoms with van der Waals surface area (Å²) in [6.45, 7) is 6.09. The number of rotatable bonds is 8. The molecule has 2 heterocycles. The molecule has 0 spiro atoms. The number of carbonyl (C=O) groups is 1. The number of hydrogen-bond donors (Lipinski definition) is 0. The summed E-state index contributed by atoms with van der Waals surface area (Å²) in [5.41, 5.74) is -0.645. The molecule has 2 atom stereocenters. The molecule has 0 saturated carbocycles. The topological polar surface area (TPSA) is 84.6 Å². The molecular formula is C23H28F3N4O4+. The van der Waals surface area contributed by atoms with Crippen LogP contribution in [0.5, 0.6) is 5.75 Å². The van der Waals surface area contributed by atoms with Crippen LogP contribution in [-0.2, 0) is 10.9 Å². The molecule has 0 bridgehead atoms. The molecule has 0 saturated heterocycles. The highest BCUT2D eigenvalue weighted by Gasteiger charge is 2.43. The predicted molar refractivity (Wildman–Crippen MR) is 118 cm³/mol. The van der Waals surface area contributed by atoms with Gasteiger partial charge in [0.1, 0.15) is 0 Å². The highest BCUT2D eigenvalue weighted by atomic mass is 19.4. The van der Waals surface area contributed by atoms with Crippen LogP contribution in [0.4, 0.5) is 29.6 Å². The number of benzene rings is 1. The van der Waals surface area contributed by atoms with Gasteiger partial charge < -0.3 is 9.47 Å². The van der Waals surface area contributed by atoms with Gasteiger partial charge in [-0.25, -0.2) is 4.79 Å². The smallest absolute Gasteiger partial charge is 0.469 e. The lowest BCUT2D eigenvalue weighted by atomic mass is 9.88. The highest BCUT2D eigenvalue weighted by Crippen LogP contribution is 2.44. The van der Waals surface area contributed by atoms with E-state index >= 15 is 0 Å². The largest absolute Gasteiger partial charge is 0.487 e. The quantitative estimate of drug-likeness (QED) is 0.341. The van der Waals surface area contributed by atoms with E-state index in [2.05, 4.69) is 9.97 Å². The summed E-state index contributed by atoms with van der Waals surface area (Å²) in [5, 5.41) is 0. The number of amides is 1. The number of hydrogen-bond acceptors (Lipinski definition) is 6. The Hall–Kier alpha value is -3.24. The van der Waals surface area contributed by atoms with E-state index in [9.17, 15) is 22.9 Å². The van der Waals surface area contributed by atoms with Gasteiger partial charge >= 0.3 is 18.2 Å². The standard InChI is InChI=1S/C23H28F3N4O4/c1-4-7-10-34-17-13-27-21(28-14-17)30(32)20-12-16(5-2)29(22(31)33-6-3)19-9-8-15(11-18(19)20)23(24,25)26/h8-9,11,13-14,16,20H,4-7,10,12H2,1-3H3/q+1/t16-,20?/m1/s1. The average Bonchev–Trinajstić information content (AvgIpc) is 2.82. The average molecular weight is 481 g/mol. The van der Waals surface area contributed by atoms with Gasteiger partial charge in [-0.1, -0.05) is 35.1 Å². The second kappa shape index (κ2) is 10.8. The zero-order chi connectivity index (χ0) is 24.9. The monoisotopic (exact) mass is 481 g/mol. The van der Waals surface area contributed by atoms with E-state index < -0.39 is 29.9 Å². The molecule has 1 aliphatic heterocycles. The Balaban J connectivity index is 2.00. The van der Waals surface area contributed by atoms with Crippen molar-refractivity contribution in [2.45, 2.75) is 64.7 Å². The second-order valence-electron chi connectivity index (χ2n) is 7.90. The van der Waals surface area contributed by atoms with Gasteiger partial charge in [-0.05, 0) is 42.7 Å². The zero-order valence-corrected chi connectivity index (χ0v) is 19.3. The summed E-state index contributed by atoms with van der Waals surface area (Å²) in [6.07, 6.45) is -0.198. The van der Waals surface area contributed by atoms with E-state index in [1.807, 2.05) is 13.8 Å². The summed E-state index contributed by atoms with van der Waals surface area (Å²) in [6, 6.07) is 1.53. The highest BCUT2D eigenvalue weighted by molar-refractivity contribution is 5.90.